The van der Waals surface area contributed by atoms with Gasteiger partial charge in [-0.3, -0.25) is 9.59 Å². The van der Waals surface area contributed by atoms with E-state index < -0.39 is 5.91 Å². The van der Waals surface area contributed by atoms with Crippen LogP contribution < -0.4 is 10.6 Å². The van der Waals surface area contributed by atoms with Crippen molar-refractivity contribution in [1.82, 2.24) is 15.5 Å². The summed E-state index contributed by atoms with van der Waals surface area (Å²) in [4.78, 5) is 25.8. The second kappa shape index (κ2) is 5.72. The fourth-order valence-corrected chi connectivity index (χ4v) is 4.29. The summed E-state index contributed by atoms with van der Waals surface area (Å²) in [5.74, 6) is 1.44. The minimum atomic E-state index is -0.415. The van der Waals surface area contributed by atoms with Crippen molar-refractivity contribution in [3.8, 4) is 0 Å². The fourth-order valence-electron chi connectivity index (χ4n) is 4.29. The Labute approximate surface area is 120 Å². The molecular formula is C15H25N3O2. The maximum absolute atomic E-state index is 12.1. The van der Waals surface area contributed by atoms with Crippen LogP contribution in [0, 0.1) is 17.8 Å². The molecule has 0 aromatic carbocycles. The lowest BCUT2D eigenvalue weighted by molar-refractivity contribution is -0.146. The van der Waals surface area contributed by atoms with Gasteiger partial charge in [-0.15, -0.1) is 0 Å². The molecule has 2 aliphatic carbocycles. The predicted molar refractivity (Wildman–Crippen MR) is 76.0 cm³/mol. The molecule has 3 rings (SSSR count). The first kappa shape index (κ1) is 13.9. The Morgan fingerprint density at radius 1 is 1.20 bits per heavy atom. The zero-order valence-electron chi connectivity index (χ0n) is 12.2. The molecule has 20 heavy (non-hydrogen) atoms. The number of fused-ring (bicyclic) bond motifs is 2. The first-order valence-corrected chi connectivity index (χ1v) is 7.95. The monoisotopic (exact) mass is 279 g/mol. The maximum atomic E-state index is 12.1. The first-order valence-electron chi connectivity index (χ1n) is 7.95. The highest BCUT2D eigenvalue weighted by Crippen LogP contribution is 2.49. The van der Waals surface area contributed by atoms with E-state index >= 15 is 0 Å². The Hall–Kier alpha value is -1.10. The van der Waals surface area contributed by atoms with E-state index in [2.05, 4.69) is 17.6 Å². The molecule has 2 amide bonds. The summed E-state index contributed by atoms with van der Waals surface area (Å²) < 4.78 is 0. The number of carbonyl (C=O) groups excluding carboxylic acids is 2. The smallest absolute Gasteiger partial charge is 0.311 e. The quantitative estimate of drug-likeness (QED) is 0.718. The minimum Gasteiger partial charge on any atom is -0.345 e. The topological polar surface area (TPSA) is 61.4 Å². The molecule has 5 heteroatoms. The molecule has 1 heterocycles. The molecule has 2 N–H and O–H groups in total. The van der Waals surface area contributed by atoms with Crippen molar-refractivity contribution in [2.24, 2.45) is 17.8 Å². The van der Waals surface area contributed by atoms with Crippen molar-refractivity contribution in [2.45, 2.75) is 38.6 Å². The van der Waals surface area contributed by atoms with Crippen LogP contribution in [0.4, 0.5) is 0 Å². The molecule has 4 unspecified atom stereocenters. The number of hydrogen-bond acceptors (Lipinski definition) is 3. The number of rotatable bonds is 2. The van der Waals surface area contributed by atoms with Gasteiger partial charge >= 0.3 is 11.8 Å². The van der Waals surface area contributed by atoms with Crippen molar-refractivity contribution >= 4 is 11.8 Å². The number of nitrogens with zero attached hydrogens (tertiary/aromatic N) is 1. The predicted octanol–water partition coefficient (Wildman–Crippen LogP) is 0.359. The second-order valence-electron chi connectivity index (χ2n) is 6.64. The summed E-state index contributed by atoms with van der Waals surface area (Å²) >= 11 is 0. The normalized spacial score (nSPS) is 34.0. The van der Waals surface area contributed by atoms with Crippen molar-refractivity contribution < 1.29 is 9.59 Å². The van der Waals surface area contributed by atoms with Crippen molar-refractivity contribution in [3.05, 3.63) is 0 Å². The molecule has 2 saturated carbocycles. The molecule has 0 radical (unpaired) electrons. The fraction of sp³-hybridized carbons (Fsp3) is 0.867. The van der Waals surface area contributed by atoms with E-state index in [9.17, 15) is 9.59 Å². The average Bonchev–Trinajstić information content (AvgIpc) is 3.10. The Kier molecular flexibility index (Phi) is 3.96. The zero-order chi connectivity index (χ0) is 14.1. The number of hydrogen-bond donors (Lipinski definition) is 2. The SMILES string of the molecule is CC(NC(=O)C(=O)N1CCNCC1)C1CC2CCC1C2. The number of carbonyl (C=O) groups is 2. The van der Waals surface area contributed by atoms with E-state index in [-0.39, 0.29) is 11.9 Å². The van der Waals surface area contributed by atoms with Crippen LogP contribution in [0.2, 0.25) is 0 Å². The molecule has 112 valence electrons. The Balaban J connectivity index is 1.51. The van der Waals surface area contributed by atoms with Gasteiger partial charge in [0.1, 0.15) is 0 Å². The number of amides is 2. The van der Waals surface area contributed by atoms with Gasteiger partial charge in [-0.2, -0.15) is 0 Å². The Morgan fingerprint density at radius 3 is 2.55 bits per heavy atom. The Morgan fingerprint density at radius 2 is 1.95 bits per heavy atom. The van der Waals surface area contributed by atoms with Gasteiger partial charge in [0.05, 0.1) is 0 Å². The van der Waals surface area contributed by atoms with Crippen molar-refractivity contribution in [2.75, 3.05) is 26.2 Å². The van der Waals surface area contributed by atoms with E-state index in [0.717, 1.165) is 24.9 Å². The highest BCUT2D eigenvalue weighted by atomic mass is 16.2. The minimum absolute atomic E-state index is 0.129. The molecule has 4 atom stereocenters. The third-order valence-electron chi connectivity index (χ3n) is 5.39. The van der Waals surface area contributed by atoms with Gasteiger partial charge in [-0.05, 0) is 43.9 Å². The van der Waals surface area contributed by atoms with Gasteiger partial charge in [0.2, 0.25) is 0 Å². The van der Waals surface area contributed by atoms with Gasteiger partial charge < -0.3 is 15.5 Å². The molecule has 3 aliphatic rings. The van der Waals surface area contributed by atoms with Gasteiger partial charge in [0.25, 0.3) is 0 Å². The summed E-state index contributed by atoms with van der Waals surface area (Å²) in [6.07, 6.45) is 5.23. The van der Waals surface area contributed by atoms with Gasteiger partial charge in [0, 0.05) is 32.2 Å². The van der Waals surface area contributed by atoms with E-state index in [0.29, 0.717) is 19.0 Å². The molecule has 1 saturated heterocycles. The molecular weight excluding hydrogens is 254 g/mol. The lowest BCUT2D eigenvalue weighted by Gasteiger charge is -2.30. The molecule has 3 fully saturated rings. The van der Waals surface area contributed by atoms with E-state index in [1.807, 2.05) is 0 Å². The summed E-state index contributed by atoms with van der Waals surface area (Å²) in [6, 6.07) is 0.129. The van der Waals surface area contributed by atoms with Crippen LogP contribution in [-0.2, 0) is 9.59 Å². The lowest BCUT2D eigenvalue weighted by Crippen LogP contribution is -2.53. The third kappa shape index (κ3) is 2.68. The van der Waals surface area contributed by atoms with E-state index in [1.165, 1.54) is 25.7 Å². The number of piperazine rings is 1. The molecule has 2 bridgehead atoms. The third-order valence-corrected chi connectivity index (χ3v) is 5.39. The zero-order valence-corrected chi connectivity index (χ0v) is 12.2. The van der Waals surface area contributed by atoms with Crippen LogP contribution in [-0.4, -0.2) is 48.9 Å². The highest BCUT2D eigenvalue weighted by molar-refractivity contribution is 6.35. The largest absolute Gasteiger partial charge is 0.345 e. The van der Waals surface area contributed by atoms with Crippen LogP contribution in [0.25, 0.3) is 0 Å². The first-order chi connectivity index (χ1) is 9.65. The summed E-state index contributed by atoms with van der Waals surface area (Å²) in [6.45, 7) is 4.89. The van der Waals surface area contributed by atoms with Crippen LogP contribution in [0.3, 0.4) is 0 Å². The number of nitrogens with one attached hydrogen (secondary N) is 2. The van der Waals surface area contributed by atoms with E-state index in [1.54, 1.807) is 4.90 Å². The summed E-state index contributed by atoms with van der Waals surface area (Å²) in [5, 5.41) is 6.14. The van der Waals surface area contributed by atoms with E-state index in [4.69, 9.17) is 0 Å². The summed E-state index contributed by atoms with van der Waals surface area (Å²) in [5.41, 5.74) is 0. The van der Waals surface area contributed by atoms with Gasteiger partial charge in [0.15, 0.2) is 0 Å². The maximum Gasteiger partial charge on any atom is 0.311 e. The standard InChI is InChI=1S/C15H25N3O2/c1-10(13-9-11-2-3-12(13)8-11)17-14(19)15(20)18-6-4-16-5-7-18/h10-13,16H,2-9H2,1H3,(H,17,19). The molecule has 5 nitrogen and oxygen atoms in total. The van der Waals surface area contributed by atoms with Crippen molar-refractivity contribution in [3.63, 3.8) is 0 Å². The van der Waals surface area contributed by atoms with Crippen LogP contribution >= 0.6 is 0 Å². The van der Waals surface area contributed by atoms with Gasteiger partial charge in [-0.1, -0.05) is 6.42 Å². The van der Waals surface area contributed by atoms with Crippen LogP contribution in [0.15, 0.2) is 0 Å². The van der Waals surface area contributed by atoms with Crippen LogP contribution in [0.5, 0.6) is 0 Å². The average molecular weight is 279 g/mol. The molecule has 1 aliphatic heterocycles. The second-order valence-corrected chi connectivity index (χ2v) is 6.64. The molecule has 0 spiro atoms. The molecule has 0 aromatic heterocycles. The molecule has 0 aromatic rings. The highest BCUT2D eigenvalue weighted by Gasteiger charge is 2.42. The van der Waals surface area contributed by atoms with Crippen LogP contribution in [0.1, 0.15) is 32.6 Å². The van der Waals surface area contributed by atoms with Crippen molar-refractivity contribution in [1.29, 1.82) is 0 Å². The summed E-state index contributed by atoms with van der Waals surface area (Å²) in [7, 11) is 0. The Bertz CT molecular complexity index is 393. The lowest BCUT2D eigenvalue weighted by atomic mass is 9.84. The van der Waals surface area contributed by atoms with Gasteiger partial charge in [-0.25, -0.2) is 0 Å².